The number of carbonyl (C=O) groups excluding carboxylic acids is 1. The Balaban J connectivity index is 1.89. The van der Waals surface area contributed by atoms with E-state index in [4.69, 9.17) is 16.3 Å². The van der Waals surface area contributed by atoms with Crippen molar-refractivity contribution < 1.29 is 9.53 Å². The first-order valence-corrected chi connectivity index (χ1v) is 7.48. The molecule has 3 aromatic heterocycles. The third-order valence-electron chi connectivity index (χ3n) is 3.29. The zero-order valence-corrected chi connectivity index (χ0v) is 13.6. The van der Waals surface area contributed by atoms with Gasteiger partial charge in [0, 0.05) is 30.7 Å². The van der Waals surface area contributed by atoms with E-state index < -0.39 is 5.97 Å². The number of pyridine rings is 2. The molecule has 7 nitrogen and oxygen atoms in total. The number of nitrogens with one attached hydrogen (secondary N) is 1. The van der Waals surface area contributed by atoms with Gasteiger partial charge in [0.25, 0.3) is 0 Å². The second-order valence-electron chi connectivity index (χ2n) is 4.87. The number of halogens is 1. The highest BCUT2D eigenvalue weighted by Gasteiger charge is 2.18. The van der Waals surface area contributed by atoms with Crippen molar-refractivity contribution in [2.75, 3.05) is 12.4 Å². The summed E-state index contributed by atoms with van der Waals surface area (Å²) in [6.07, 6.45) is 6.72. The van der Waals surface area contributed by atoms with Crippen LogP contribution in [-0.4, -0.2) is 32.8 Å². The Morgan fingerprint density at radius 3 is 2.88 bits per heavy atom. The van der Waals surface area contributed by atoms with E-state index in [2.05, 4.69) is 20.4 Å². The molecule has 3 heterocycles. The SMILES string of the molecule is COC(=O)c1nn(-c2ccc(Cl)nc2)cc1CNc1cccnc1. The summed E-state index contributed by atoms with van der Waals surface area (Å²) in [4.78, 5) is 20.0. The predicted molar refractivity (Wildman–Crippen MR) is 89.3 cm³/mol. The molecule has 0 unspecified atom stereocenters. The molecule has 0 saturated heterocycles. The van der Waals surface area contributed by atoms with Gasteiger partial charge in [0.1, 0.15) is 5.15 Å². The predicted octanol–water partition coefficient (Wildman–Crippen LogP) is 2.71. The first kappa shape index (κ1) is 15.9. The van der Waals surface area contributed by atoms with E-state index in [-0.39, 0.29) is 5.69 Å². The number of hydrogen-bond donors (Lipinski definition) is 1. The molecule has 0 saturated carbocycles. The van der Waals surface area contributed by atoms with Crippen molar-refractivity contribution in [1.29, 1.82) is 0 Å². The van der Waals surface area contributed by atoms with Gasteiger partial charge in [-0.1, -0.05) is 11.6 Å². The Morgan fingerprint density at radius 2 is 2.21 bits per heavy atom. The highest BCUT2D eigenvalue weighted by molar-refractivity contribution is 6.29. The summed E-state index contributed by atoms with van der Waals surface area (Å²) in [5, 5.41) is 7.88. The lowest BCUT2D eigenvalue weighted by Gasteiger charge is -2.04. The molecule has 122 valence electrons. The van der Waals surface area contributed by atoms with Gasteiger partial charge < -0.3 is 10.1 Å². The average Bonchev–Trinajstić information content (AvgIpc) is 3.05. The molecule has 8 heteroatoms. The van der Waals surface area contributed by atoms with Crippen molar-refractivity contribution in [3.63, 3.8) is 0 Å². The summed E-state index contributed by atoms with van der Waals surface area (Å²) >= 11 is 5.80. The molecule has 0 aromatic carbocycles. The number of nitrogens with zero attached hydrogens (tertiary/aromatic N) is 4. The number of aromatic nitrogens is 4. The van der Waals surface area contributed by atoms with Gasteiger partial charge in [-0.3, -0.25) is 4.98 Å². The van der Waals surface area contributed by atoms with Gasteiger partial charge in [0.15, 0.2) is 5.69 Å². The monoisotopic (exact) mass is 343 g/mol. The lowest BCUT2D eigenvalue weighted by atomic mass is 10.2. The van der Waals surface area contributed by atoms with E-state index in [1.807, 2.05) is 12.1 Å². The van der Waals surface area contributed by atoms with E-state index in [0.717, 1.165) is 5.69 Å². The van der Waals surface area contributed by atoms with Crippen molar-refractivity contribution in [3.8, 4) is 5.69 Å². The summed E-state index contributed by atoms with van der Waals surface area (Å²) in [5.41, 5.74) is 2.47. The molecular formula is C16H14ClN5O2. The molecule has 0 amide bonds. The molecule has 0 radical (unpaired) electrons. The Kier molecular flexibility index (Phi) is 4.72. The van der Waals surface area contributed by atoms with Gasteiger partial charge in [-0.05, 0) is 24.3 Å². The summed E-state index contributed by atoms with van der Waals surface area (Å²) in [5.74, 6) is -0.501. The van der Waals surface area contributed by atoms with Crippen LogP contribution in [0, 0.1) is 0 Å². The summed E-state index contributed by atoms with van der Waals surface area (Å²) in [7, 11) is 1.32. The lowest BCUT2D eigenvalue weighted by Crippen LogP contribution is -2.08. The molecule has 3 rings (SSSR count). The van der Waals surface area contributed by atoms with Crippen LogP contribution < -0.4 is 5.32 Å². The Labute approximate surface area is 143 Å². The van der Waals surface area contributed by atoms with Gasteiger partial charge in [0.05, 0.1) is 24.7 Å². The first-order chi connectivity index (χ1) is 11.7. The van der Waals surface area contributed by atoms with E-state index in [0.29, 0.717) is 22.9 Å². The fourth-order valence-electron chi connectivity index (χ4n) is 2.11. The van der Waals surface area contributed by atoms with Gasteiger partial charge >= 0.3 is 5.97 Å². The maximum atomic E-state index is 12.0. The van der Waals surface area contributed by atoms with Crippen LogP contribution in [0.3, 0.4) is 0 Å². The minimum atomic E-state index is -0.501. The van der Waals surface area contributed by atoms with Gasteiger partial charge in [0.2, 0.25) is 0 Å². The third-order valence-corrected chi connectivity index (χ3v) is 3.51. The minimum absolute atomic E-state index is 0.240. The van der Waals surface area contributed by atoms with E-state index in [1.54, 1.807) is 41.6 Å². The minimum Gasteiger partial charge on any atom is -0.464 e. The van der Waals surface area contributed by atoms with Crippen molar-refractivity contribution in [1.82, 2.24) is 19.7 Å². The molecule has 0 bridgehead atoms. The molecule has 1 N–H and O–H groups in total. The normalized spacial score (nSPS) is 10.4. The summed E-state index contributed by atoms with van der Waals surface area (Å²) < 4.78 is 6.37. The van der Waals surface area contributed by atoms with Crippen molar-refractivity contribution >= 4 is 23.3 Å². The number of rotatable bonds is 5. The molecule has 0 spiro atoms. The number of hydrogen-bond acceptors (Lipinski definition) is 6. The zero-order valence-electron chi connectivity index (χ0n) is 12.8. The van der Waals surface area contributed by atoms with E-state index >= 15 is 0 Å². The fraction of sp³-hybridized carbons (Fsp3) is 0.125. The number of methoxy groups -OCH3 is 1. The van der Waals surface area contributed by atoms with Crippen LogP contribution in [0.2, 0.25) is 5.15 Å². The van der Waals surface area contributed by atoms with Crippen LogP contribution in [0.25, 0.3) is 5.69 Å². The molecule has 0 atom stereocenters. The van der Waals surface area contributed by atoms with Crippen LogP contribution in [0.1, 0.15) is 16.1 Å². The first-order valence-electron chi connectivity index (χ1n) is 7.10. The molecule has 0 aliphatic heterocycles. The van der Waals surface area contributed by atoms with Gasteiger partial charge in [-0.15, -0.1) is 0 Å². The molecule has 24 heavy (non-hydrogen) atoms. The van der Waals surface area contributed by atoms with Crippen LogP contribution in [0.5, 0.6) is 0 Å². The van der Waals surface area contributed by atoms with Gasteiger partial charge in [-0.2, -0.15) is 5.10 Å². The topological polar surface area (TPSA) is 81.9 Å². The number of ether oxygens (including phenoxy) is 1. The smallest absolute Gasteiger partial charge is 0.358 e. The van der Waals surface area contributed by atoms with Crippen LogP contribution >= 0.6 is 11.6 Å². The van der Waals surface area contributed by atoms with Crippen molar-refractivity contribution in [3.05, 3.63) is 65.5 Å². The van der Waals surface area contributed by atoms with E-state index in [9.17, 15) is 4.79 Å². The van der Waals surface area contributed by atoms with Gasteiger partial charge in [-0.25, -0.2) is 14.5 Å². The molecule has 0 fully saturated rings. The number of anilines is 1. The van der Waals surface area contributed by atoms with Crippen LogP contribution in [-0.2, 0) is 11.3 Å². The molecular weight excluding hydrogens is 330 g/mol. The Bertz CT molecular complexity index is 833. The standard InChI is InChI=1S/C16H14ClN5O2/c1-24-16(23)15-11(7-19-12-3-2-6-18-8-12)10-22(21-15)13-4-5-14(17)20-9-13/h2-6,8-10,19H,7H2,1H3. The van der Waals surface area contributed by atoms with Crippen LogP contribution in [0.4, 0.5) is 5.69 Å². The largest absolute Gasteiger partial charge is 0.464 e. The summed E-state index contributed by atoms with van der Waals surface area (Å²) in [6, 6.07) is 7.14. The van der Waals surface area contributed by atoms with E-state index in [1.165, 1.54) is 7.11 Å². The molecule has 3 aromatic rings. The second-order valence-corrected chi connectivity index (χ2v) is 5.26. The summed E-state index contributed by atoms with van der Waals surface area (Å²) in [6.45, 7) is 0.400. The Morgan fingerprint density at radius 1 is 1.33 bits per heavy atom. The van der Waals surface area contributed by atoms with Crippen molar-refractivity contribution in [2.45, 2.75) is 6.54 Å². The third kappa shape index (κ3) is 3.52. The highest BCUT2D eigenvalue weighted by atomic mass is 35.5. The second kappa shape index (κ2) is 7.10. The zero-order chi connectivity index (χ0) is 16.9. The highest BCUT2D eigenvalue weighted by Crippen LogP contribution is 2.16. The van der Waals surface area contributed by atoms with Crippen LogP contribution in [0.15, 0.2) is 49.1 Å². The Hall–Kier alpha value is -2.93. The molecule has 0 aliphatic rings. The number of carbonyl (C=O) groups is 1. The maximum Gasteiger partial charge on any atom is 0.358 e. The number of esters is 1. The lowest BCUT2D eigenvalue weighted by molar-refractivity contribution is 0.0592. The fourth-order valence-corrected chi connectivity index (χ4v) is 2.22. The maximum absolute atomic E-state index is 12.0. The van der Waals surface area contributed by atoms with Crippen molar-refractivity contribution in [2.24, 2.45) is 0 Å². The molecule has 0 aliphatic carbocycles. The quantitative estimate of drug-likeness (QED) is 0.566. The average molecular weight is 344 g/mol.